The third-order valence-corrected chi connectivity index (χ3v) is 5.97. The molecule has 108 valence electrons. The van der Waals surface area contributed by atoms with E-state index < -0.39 is 0 Å². The molecule has 0 atom stereocenters. The molecule has 4 fully saturated rings. The molecule has 4 bridgehead atoms. The number of anilines is 1. The Balaban J connectivity index is 1.48. The lowest BCUT2D eigenvalue weighted by molar-refractivity contribution is -0.0598. The van der Waals surface area contributed by atoms with Crippen molar-refractivity contribution in [2.45, 2.75) is 44.7 Å². The lowest BCUT2D eigenvalue weighted by atomic mass is 9.54. The van der Waals surface area contributed by atoms with Crippen molar-refractivity contribution in [3.63, 3.8) is 0 Å². The summed E-state index contributed by atoms with van der Waals surface area (Å²) < 4.78 is 0. The molecule has 5 rings (SSSR count). The van der Waals surface area contributed by atoms with Crippen molar-refractivity contribution in [1.29, 1.82) is 0 Å². The van der Waals surface area contributed by atoms with Crippen LogP contribution >= 0.6 is 0 Å². The van der Waals surface area contributed by atoms with Gasteiger partial charge in [-0.25, -0.2) is 4.98 Å². The van der Waals surface area contributed by atoms with Crippen LogP contribution in [0.15, 0.2) is 18.3 Å². The van der Waals surface area contributed by atoms with E-state index in [0.29, 0.717) is 5.82 Å². The van der Waals surface area contributed by atoms with E-state index in [1.165, 1.54) is 37.7 Å². The fourth-order valence-corrected chi connectivity index (χ4v) is 5.54. The van der Waals surface area contributed by atoms with E-state index in [1.54, 1.807) is 0 Å². The maximum Gasteiger partial charge on any atom is 0.123 e. The average molecular weight is 271 g/mol. The van der Waals surface area contributed by atoms with Gasteiger partial charge in [0.15, 0.2) is 0 Å². The van der Waals surface area contributed by atoms with Crippen LogP contribution in [-0.4, -0.2) is 23.0 Å². The van der Waals surface area contributed by atoms with Gasteiger partial charge < -0.3 is 5.73 Å². The first kappa shape index (κ1) is 12.6. The summed E-state index contributed by atoms with van der Waals surface area (Å²) in [4.78, 5) is 6.82. The first-order valence-electron chi connectivity index (χ1n) is 8.09. The number of nitrogens with zero attached hydrogens (tertiary/aromatic N) is 2. The molecular formula is C17H25N3. The maximum absolute atomic E-state index is 5.67. The lowest BCUT2D eigenvalue weighted by Crippen LogP contribution is -2.54. The largest absolute Gasteiger partial charge is 0.384 e. The predicted octanol–water partition coefficient (Wildman–Crippen LogP) is 2.92. The molecule has 4 aliphatic rings. The highest BCUT2D eigenvalue weighted by molar-refractivity contribution is 5.29. The third kappa shape index (κ3) is 2.12. The van der Waals surface area contributed by atoms with Crippen LogP contribution in [0.1, 0.15) is 37.7 Å². The van der Waals surface area contributed by atoms with E-state index in [2.05, 4.69) is 23.0 Å². The third-order valence-electron chi connectivity index (χ3n) is 5.97. The Morgan fingerprint density at radius 3 is 2.30 bits per heavy atom. The van der Waals surface area contributed by atoms with Crippen LogP contribution in [0.4, 0.5) is 5.82 Å². The average Bonchev–Trinajstić information content (AvgIpc) is 2.40. The minimum atomic E-state index is 0.617. The second kappa shape index (κ2) is 4.73. The summed E-state index contributed by atoms with van der Waals surface area (Å²) in [7, 11) is 2.31. The topological polar surface area (TPSA) is 42.1 Å². The van der Waals surface area contributed by atoms with E-state index in [1.807, 2.05) is 12.3 Å². The van der Waals surface area contributed by atoms with Gasteiger partial charge in [-0.2, -0.15) is 0 Å². The molecule has 3 nitrogen and oxygen atoms in total. The first-order chi connectivity index (χ1) is 9.69. The molecule has 0 unspecified atom stereocenters. The molecule has 20 heavy (non-hydrogen) atoms. The second-order valence-corrected chi connectivity index (χ2v) is 7.43. The molecule has 0 aliphatic heterocycles. The Kier molecular flexibility index (Phi) is 2.99. The van der Waals surface area contributed by atoms with Crippen LogP contribution in [0.25, 0.3) is 0 Å². The van der Waals surface area contributed by atoms with E-state index in [0.717, 1.165) is 36.3 Å². The number of hydrogen-bond donors (Lipinski definition) is 1. The Morgan fingerprint density at radius 1 is 1.10 bits per heavy atom. The van der Waals surface area contributed by atoms with Gasteiger partial charge in [-0.1, -0.05) is 6.07 Å². The molecule has 1 heterocycles. The highest BCUT2D eigenvalue weighted by Gasteiger charge is 2.49. The van der Waals surface area contributed by atoms with Gasteiger partial charge in [-0.15, -0.1) is 0 Å². The summed E-state index contributed by atoms with van der Waals surface area (Å²) >= 11 is 0. The highest BCUT2D eigenvalue weighted by Crippen LogP contribution is 2.55. The van der Waals surface area contributed by atoms with Crippen LogP contribution in [0.3, 0.4) is 0 Å². The van der Waals surface area contributed by atoms with E-state index in [9.17, 15) is 0 Å². The van der Waals surface area contributed by atoms with E-state index in [-0.39, 0.29) is 0 Å². The Morgan fingerprint density at radius 2 is 1.75 bits per heavy atom. The summed E-state index contributed by atoms with van der Waals surface area (Å²) in [5.74, 6) is 4.64. The molecule has 0 amide bonds. The Hall–Kier alpha value is -1.09. The van der Waals surface area contributed by atoms with Crippen molar-refractivity contribution in [2.75, 3.05) is 12.8 Å². The zero-order valence-electron chi connectivity index (χ0n) is 12.3. The number of aromatic nitrogens is 1. The molecule has 3 heteroatoms. The minimum Gasteiger partial charge on any atom is -0.384 e. The lowest BCUT2D eigenvalue weighted by Gasteiger charge is -2.56. The molecule has 4 aliphatic carbocycles. The van der Waals surface area contributed by atoms with Gasteiger partial charge >= 0.3 is 0 Å². The quantitative estimate of drug-likeness (QED) is 0.919. The molecular weight excluding hydrogens is 246 g/mol. The summed E-state index contributed by atoms with van der Waals surface area (Å²) in [6.07, 6.45) is 9.42. The van der Waals surface area contributed by atoms with Crippen LogP contribution in [0.2, 0.25) is 0 Å². The SMILES string of the molecule is CN(Cc1ccc(N)nc1)C1C2CC3CC(C2)CC1C3. The number of nitrogen functional groups attached to an aromatic ring is 1. The second-order valence-electron chi connectivity index (χ2n) is 7.43. The van der Waals surface area contributed by atoms with Crippen molar-refractivity contribution in [3.05, 3.63) is 23.9 Å². The fraction of sp³-hybridized carbons (Fsp3) is 0.706. The van der Waals surface area contributed by atoms with Crippen LogP contribution in [0, 0.1) is 23.7 Å². The van der Waals surface area contributed by atoms with Crippen LogP contribution < -0.4 is 5.73 Å². The zero-order chi connectivity index (χ0) is 13.7. The molecule has 0 radical (unpaired) electrons. The number of nitrogens with two attached hydrogens (primary N) is 1. The number of rotatable bonds is 3. The molecule has 4 saturated carbocycles. The fourth-order valence-electron chi connectivity index (χ4n) is 5.54. The standard InChI is InChI=1S/C17H25N3/c1-20(10-11-2-3-16(18)19-9-11)17-14-5-12-4-13(7-14)8-15(17)6-12/h2-3,9,12-15,17H,4-8,10H2,1H3,(H2,18,19). The smallest absolute Gasteiger partial charge is 0.123 e. The highest BCUT2D eigenvalue weighted by atomic mass is 15.1. The summed E-state index contributed by atoms with van der Waals surface area (Å²) in [5.41, 5.74) is 6.96. The molecule has 2 N–H and O–H groups in total. The van der Waals surface area contributed by atoms with Gasteiger partial charge in [0, 0.05) is 18.8 Å². The molecule has 0 saturated heterocycles. The van der Waals surface area contributed by atoms with E-state index in [4.69, 9.17) is 5.73 Å². The molecule has 1 aromatic rings. The van der Waals surface area contributed by atoms with Gasteiger partial charge in [-0.3, -0.25) is 4.90 Å². The summed E-state index contributed by atoms with van der Waals surface area (Å²) in [5, 5.41) is 0. The zero-order valence-corrected chi connectivity index (χ0v) is 12.3. The molecule has 0 aromatic carbocycles. The maximum atomic E-state index is 5.67. The molecule has 1 aromatic heterocycles. The van der Waals surface area contributed by atoms with Crippen LogP contribution in [-0.2, 0) is 6.54 Å². The number of hydrogen-bond acceptors (Lipinski definition) is 3. The van der Waals surface area contributed by atoms with Gasteiger partial charge in [0.05, 0.1) is 0 Å². The van der Waals surface area contributed by atoms with Crippen molar-refractivity contribution < 1.29 is 0 Å². The van der Waals surface area contributed by atoms with Gasteiger partial charge in [0.2, 0.25) is 0 Å². The normalized spacial score (nSPS) is 38.6. The van der Waals surface area contributed by atoms with Crippen molar-refractivity contribution in [3.8, 4) is 0 Å². The Bertz CT molecular complexity index is 454. The summed E-state index contributed by atoms with van der Waals surface area (Å²) in [6, 6.07) is 4.84. The van der Waals surface area contributed by atoms with Gasteiger partial charge in [0.25, 0.3) is 0 Å². The first-order valence-corrected chi connectivity index (χ1v) is 8.09. The Labute approximate surface area is 121 Å². The molecule has 0 spiro atoms. The monoisotopic (exact) mass is 271 g/mol. The van der Waals surface area contributed by atoms with Gasteiger partial charge in [-0.05, 0) is 74.5 Å². The minimum absolute atomic E-state index is 0.617. The number of pyridine rings is 1. The summed E-state index contributed by atoms with van der Waals surface area (Å²) in [6.45, 7) is 1.01. The van der Waals surface area contributed by atoms with Crippen molar-refractivity contribution >= 4 is 5.82 Å². The predicted molar refractivity (Wildman–Crippen MR) is 80.9 cm³/mol. The van der Waals surface area contributed by atoms with Crippen molar-refractivity contribution in [1.82, 2.24) is 9.88 Å². The van der Waals surface area contributed by atoms with Crippen LogP contribution in [0.5, 0.6) is 0 Å². The van der Waals surface area contributed by atoms with E-state index >= 15 is 0 Å². The van der Waals surface area contributed by atoms with Gasteiger partial charge in [0.1, 0.15) is 5.82 Å². The van der Waals surface area contributed by atoms with Crippen molar-refractivity contribution in [2.24, 2.45) is 23.7 Å².